The van der Waals surface area contributed by atoms with E-state index in [2.05, 4.69) is 0 Å². The van der Waals surface area contributed by atoms with E-state index in [-0.39, 0.29) is 30.2 Å². The molecule has 0 aliphatic carbocycles. The molecule has 0 rings (SSSR count). The Labute approximate surface area is 79.5 Å². The Morgan fingerprint density at radius 1 is 1.15 bits per heavy atom. The Morgan fingerprint density at radius 2 is 1.69 bits per heavy atom. The first-order valence-corrected chi connectivity index (χ1v) is 4.50. The first-order chi connectivity index (χ1) is 5.88. The highest BCUT2D eigenvalue weighted by Crippen LogP contribution is 2.14. The van der Waals surface area contributed by atoms with Gasteiger partial charge in [0.05, 0.1) is 0 Å². The van der Waals surface area contributed by atoms with Gasteiger partial charge in [0.2, 0.25) is 0 Å². The molecule has 0 unspecified atom stereocenters. The third kappa shape index (κ3) is 5.53. The Morgan fingerprint density at radius 3 is 2.08 bits per heavy atom. The standard InChI is InChI=1S/C10H18O3/c1-5-8(11)6-13-7-9(12)10(2,3)4/h5-7H2,1-4H3. The minimum atomic E-state index is -0.380. The minimum absolute atomic E-state index is 0.0244. The summed E-state index contributed by atoms with van der Waals surface area (Å²) < 4.78 is 4.98. The first-order valence-electron chi connectivity index (χ1n) is 4.50. The fourth-order valence-electron chi connectivity index (χ4n) is 0.576. The number of ketones is 2. The maximum absolute atomic E-state index is 11.3. The maximum Gasteiger partial charge on any atom is 0.163 e. The topological polar surface area (TPSA) is 43.4 Å². The molecule has 0 saturated carbocycles. The van der Waals surface area contributed by atoms with Crippen molar-refractivity contribution in [3.8, 4) is 0 Å². The van der Waals surface area contributed by atoms with Crippen LogP contribution in [0.1, 0.15) is 34.1 Å². The summed E-state index contributed by atoms with van der Waals surface area (Å²) in [4.78, 5) is 22.1. The van der Waals surface area contributed by atoms with Crippen LogP contribution in [0, 0.1) is 5.41 Å². The third-order valence-electron chi connectivity index (χ3n) is 1.73. The second-order valence-electron chi connectivity index (χ2n) is 4.06. The summed E-state index contributed by atoms with van der Waals surface area (Å²) >= 11 is 0. The molecule has 0 atom stereocenters. The molecule has 0 aromatic carbocycles. The lowest BCUT2D eigenvalue weighted by atomic mass is 9.91. The van der Waals surface area contributed by atoms with Gasteiger partial charge in [0.15, 0.2) is 11.6 Å². The van der Waals surface area contributed by atoms with Crippen molar-refractivity contribution in [3.63, 3.8) is 0 Å². The molecule has 0 aromatic heterocycles. The van der Waals surface area contributed by atoms with Gasteiger partial charge in [0, 0.05) is 11.8 Å². The fourth-order valence-corrected chi connectivity index (χ4v) is 0.576. The molecule has 0 aliphatic heterocycles. The lowest BCUT2D eigenvalue weighted by molar-refractivity contribution is -0.133. The van der Waals surface area contributed by atoms with Gasteiger partial charge in [-0.2, -0.15) is 0 Å². The minimum Gasteiger partial charge on any atom is -0.366 e. The Bertz CT molecular complexity index is 189. The number of carbonyl (C=O) groups excluding carboxylic acids is 2. The number of rotatable bonds is 5. The summed E-state index contributed by atoms with van der Waals surface area (Å²) in [5.74, 6) is 0.0538. The molecule has 13 heavy (non-hydrogen) atoms. The van der Waals surface area contributed by atoms with Crippen LogP contribution in [0.2, 0.25) is 0 Å². The SMILES string of the molecule is CCC(=O)COCC(=O)C(C)(C)C. The molecule has 0 heterocycles. The fraction of sp³-hybridized carbons (Fsp3) is 0.800. The predicted octanol–water partition coefficient (Wildman–Crippen LogP) is 1.60. The summed E-state index contributed by atoms with van der Waals surface area (Å²) in [5.41, 5.74) is -0.380. The molecule has 0 aliphatic rings. The molecule has 3 heteroatoms. The molecule has 0 saturated heterocycles. The van der Waals surface area contributed by atoms with Crippen LogP contribution >= 0.6 is 0 Å². The van der Waals surface area contributed by atoms with Gasteiger partial charge in [-0.25, -0.2) is 0 Å². The summed E-state index contributed by atoms with van der Waals surface area (Å²) in [7, 11) is 0. The van der Waals surface area contributed by atoms with Gasteiger partial charge in [-0.3, -0.25) is 9.59 Å². The van der Waals surface area contributed by atoms with Crippen molar-refractivity contribution in [1.29, 1.82) is 0 Å². The van der Waals surface area contributed by atoms with Crippen LogP contribution < -0.4 is 0 Å². The third-order valence-corrected chi connectivity index (χ3v) is 1.73. The van der Waals surface area contributed by atoms with Crippen molar-refractivity contribution < 1.29 is 14.3 Å². The van der Waals surface area contributed by atoms with Crippen LogP contribution in [-0.2, 0) is 14.3 Å². The van der Waals surface area contributed by atoms with Gasteiger partial charge in [-0.05, 0) is 0 Å². The molecule has 0 amide bonds. The number of hydrogen-bond donors (Lipinski definition) is 0. The van der Waals surface area contributed by atoms with E-state index in [1.165, 1.54) is 0 Å². The van der Waals surface area contributed by atoms with Crippen LogP contribution in [0.5, 0.6) is 0 Å². The predicted molar refractivity (Wildman–Crippen MR) is 50.6 cm³/mol. The summed E-state index contributed by atoms with van der Waals surface area (Å²) in [5, 5.41) is 0. The highest BCUT2D eigenvalue weighted by atomic mass is 16.5. The van der Waals surface area contributed by atoms with E-state index in [0.717, 1.165) is 0 Å². The summed E-state index contributed by atoms with van der Waals surface area (Å²) in [6.45, 7) is 7.37. The highest BCUT2D eigenvalue weighted by molar-refractivity contribution is 5.85. The molecular formula is C10H18O3. The maximum atomic E-state index is 11.3. The number of hydrogen-bond acceptors (Lipinski definition) is 3. The molecule has 3 nitrogen and oxygen atoms in total. The zero-order chi connectivity index (χ0) is 10.5. The van der Waals surface area contributed by atoms with Crippen molar-refractivity contribution in [2.45, 2.75) is 34.1 Å². The first kappa shape index (κ1) is 12.3. The quantitative estimate of drug-likeness (QED) is 0.655. The van der Waals surface area contributed by atoms with Crippen LogP contribution in [0.4, 0.5) is 0 Å². The van der Waals surface area contributed by atoms with E-state index in [4.69, 9.17) is 4.74 Å². The molecule has 0 radical (unpaired) electrons. The molecular weight excluding hydrogens is 168 g/mol. The molecule has 0 bridgehead atoms. The average Bonchev–Trinajstić information content (AvgIpc) is 2.02. The summed E-state index contributed by atoms with van der Waals surface area (Å²) in [6, 6.07) is 0. The molecule has 0 fully saturated rings. The van der Waals surface area contributed by atoms with E-state index in [9.17, 15) is 9.59 Å². The number of ether oxygens (including phenoxy) is 1. The van der Waals surface area contributed by atoms with E-state index in [1.54, 1.807) is 6.92 Å². The highest BCUT2D eigenvalue weighted by Gasteiger charge is 2.20. The van der Waals surface area contributed by atoms with E-state index in [0.29, 0.717) is 6.42 Å². The second kappa shape index (κ2) is 5.12. The van der Waals surface area contributed by atoms with Crippen molar-refractivity contribution in [2.24, 2.45) is 5.41 Å². The number of carbonyl (C=O) groups is 2. The number of Topliss-reactive ketones (excluding diaryl/α,β-unsaturated/α-hetero) is 2. The largest absolute Gasteiger partial charge is 0.366 e. The van der Waals surface area contributed by atoms with E-state index in [1.807, 2.05) is 20.8 Å². The lowest BCUT2D eigenvalue weighted by Gasteiger charge is -2.15. The van der Waals surface area contributed by atoms with Crippen molar-refractivity contribution in [3.05, 3.63) is 0 Å². The Hall–Kier alpha value is -0.700. The van der Waals surface area contributed by atoms with Gasteiger partial charge in [0.25, 0.3) is 0 Å². The van der Waals surface area contributed by atoms with Gasteiger partial charge < -0.3 is 4.74 Å². The van der Waals surface area contributed by atoms with Gasteiger partial charge in [-0.1, -0.05) is 27.7 Å². The molecule has 0 N–H and O–H groups in total. The van der Waals surface area contributed by atoms with Crippen LogP contribution in [-0.4, -0.2) is 24.8 Å². The zero-order valence-electron chi connectivity index (χ0n) is 8.85. The Kier molecular flexibility index (Phi) is 4.85. The Balaban J connectivity index is 3.67. The molecule has 76 valence electrons. The van der Waals surface area contributed by atoms with Crippen molar-refractivity contribution in [1.82, 2.24) is 0 Å². The molecule has 0 spiro atoms. The van der Waals surface area contributed by atoms with Gasteiger partial charge in [-0.15, -0.1) is 0 Å². The van der Waals surface area contributed by atoms with Crippen molar-refractivity contribution >= 4 is 11.6 Å². The normalized spacial score (nSPS) is 11.4. The smallest absolute Gasteiger partial charge is 0.163 e. The average molecular weight is 186 g/mol. The lowest BCUT2D eigenvalue weighted by Crippen LogP contribution is -2.26. The second-order valence-corrected chi connectivity index (χ2v) is 4.06. The summed E-state index contributed by atoms with van der Waals surface area (Å²) in [6.07, 6.45) is 0.462. The van der Waals surface area contributed by atoms with Gasteiger partial charge >= 0.3 is 0 Å². The molecule has 0 aromatic rings. The van der Waals surface area contributed by atoms with Crippen LogP contribution in [0.25, 0.3) is 0 Å². The van der Waals surface area contributed by atoms with Crippen molar-refractivity contribution in [2.75, 3.05) is 13.2 Å². The van der Waals surface area contributed by atoms with E-state index < -0.39 is 0 Å². The van der Waals surface area contributed by atoms with Crippen LogP contribution in [0.15, 0.2) is 0 Å². The van der Waals surface area contributed by atoms with E-state index >= 15 is 0 Å². The zero-order valence-corrected chi connectivity index (χ0v) is 8.85. The van der Waals surface area contributed by atoms with Gasteiger partial charge in [0.1, 0.15) is 13.2 Å². The monoisotopic (exact) mass is 186 g/mol. The van der Waals surface area contributed by atoms with Crippen LogP contribution in [0.3, 0.4) is 0 Å².